The Balaban J connectivity index is 1.48. The Bertz CT molecular complexity index is 2370. The predicted molar refractivity (Wildman–Crippen MR) is 162 cm³/mol. The normalized spacial score (nSPS) is 12.2. The summed E-state index contributed by atoms with van der Waals surface area (Å²) >= 11 is 0. The topological polar surface area (TPSA) is 20.2 Å². The molecule has 6 aromatic carbocycles. The molecular weight excluding hydrogens is 460 g/mol. The molecule has 9 aromatic rings. The number of rotatable bonds is 1. The number of aromatic amines is 1. The average molecular weight is 483 g/mol. The largest absolute Gasteiger partial charge is 0.353 e. The minimum Gasteiger partial charge on any atom is -0.353 e. The second-order valence-electron chi connectivity index (χ2n) is 10.2. The summed E-state index contributed by atoms with van der Waals surface area (Å²) in [6, 6.07) is 44.2. The van der Waals surface area contributed by atoms with Crippen LogP contribution in [-0.2, 0) is 0 Å². The Kier molecular flexibility index (Phi) is 3.82. The van der Waals surface area contributed by atoms with Crippen molar-refractivity contribution in [3.8, 4) is 11.1 Å². The van der Waals surface area contributed by atoms with Gasteiger partial charge in [-0.25, -0.2) is 0 Å². The lowest BCUT2D eigenvalue weighted by molar-refractivity contribution is 1.27. The number of nitrogens with zero attached hydrogens (tertiary/aromatic N) is 1. The summed E-state index contributed by atoms with van der Waals surface area (Å²) in [6.07, 6.45) is 2.23. The van der Waals surface area contributed by atoms with Crippen LogP contribution in [0.15, 0.2) is 128 Å². The minimum absolute atomic E-state index is 1.17. The van der Waals surface area contributed by atoms with Gasteiger partial charge in [0.05, 0.1) is 16.6 Å². The van der Waals surface area contributed by atoms with Crippen LogP contribution in [0.3, 0.4) is 0 Å². The second-order valence-corrected chi connectivity index (χ2v) is 10.2. The minimum atomic E-state index is 1.17. The number of nitrogens with one attached hydrogen (secondary N) is 1. The molecule has 38 heavy (non-hydrogen) atoms. The van der Waals surface area contributed by atoms with Crippen LogP contribution in [0.1, 0.15) is 0 Å². The van der Waals surface area contributed by atoms with E-state index in [1.54, 1.807) is 0 Å². The summed E-state index contributed by atoms with van der Waals surface area (Å²) in [7, 11) is 0. The molecule has 0 unspecified atom stereocenters. The van der Waals surface area contributed by atoms with Gasteiger partial charge in [0.1, 0.15) is 0 Å². The third kappa shape index (κ3) is 2.51. The highest BCUT2D eigenvalue weighted by atomic mass is 14.9. The summed E-state index contributed by atoms with van der Waals surface area (Å²) in [4.78, 5) is 3.76. The number of fused-ring (bicyclic) bond motifs is 13. The van der Waals surface area contributed by atoms with Gasteiger partial charge in [0.15, 0.2) is 0 Å². The van der Waals surface area contributed by atoms with E-state index < -0.39 is 0 Å². The van der Waals surface area contributed by atoms with Crippen LogP contribution >= 0.6 is 0 Å². The molecule has 0 saturated heterocycles. The number of pyridine rings is 1. The van der Waals surface area contributed by atoms with Crippen molar-refractivity contribution in [1.29, 1.82) is 0 Å². The van der Waals surface area contributed by atoms with Crippen molar-refractivity contribution in [2.24, 2.45) is 0 Å². The highest BCUT2D eigenvalue weighted by molar-refractivity contribution is 6.26. The summed E-state index contributed by atoms with van der Waals surface area (Å²) in [5.74, 6) is 0. The van der Waals surface area contributed by atoms with Gasteiger partial charge in [-0.05, 0) is 62.1 Å². The standard InChI is InChI=1S/C36H22N2/c1-2-11-25-23(9-1)24-10-3-4-12-26(24)31-21-22(17-18-27(25)31)34-30-14-6-8-16-33(30)38-20-19-29-28-13-5-7-15-32(28)37-35(29)36(34)38/h1-21,37H. The van der Waals surface area contributed by atoms with Gasteiger partial charge in [0, 0.05) is 33.4 Å². The van der Waals surface area contributed by atoms with Gasteiger partial charge in [0.2, 0.25) is 0 Å². The number of hydrogen-bond acceptors (Lipinski definition) is 0. The first kappa shape index (κ1) is 20.0. The van der Waals surface area contributed by atoms with Crippen molar-refractivity contribution in [1.82, 2.24) is 9.38 Å². The van der Waals surface area contributed by atoms with E-state index in [1.165, 1.54) is 81.7 Å². The zero-order valence-corrected chi connectivity index (χ0v) is 20.6. The zero-order chi connectivity index (χ0) is 24.8. The van der Waals surface area contributed by atoms with E-state index in [1.807, 2.05) is 0 Å². The first-order valence-electron chi connectivity index (χ1n) is 13.1. The fraction of sp³-hybridized carbons (Fsp3) is 0. The molecule has 2 nitrogen and oxygen atoms in total. The summed E-state index contributed by atoms with van der Waals surface area (Å²) < 4.78 is 2.35. The fourth-order valence-electron chi connectivity index (χ4n) is 6.69. The zero-order valence-electron chi connectivity index (χ0n) is 20.6. The molecule has 0 saturated carbocycles. The van der Waals surface area contributed by atoms with Crippen molar-refractivity contribution in [3.05, 3.63) is 128 Å². The van der Waals surface area contributed by atoms with Gasteiger partial charge in [-0.3, -0.25) is 0 Å². The number of para-hydroxylation sites is 2. The first-order valence-corrected chi connectivity index (χ1v) is 13.1. The maximum absolute atomic E-state index is 3.76. The van der Waals surface area contributed by atoms with E-state index in [0.29, 0.717) is 0 Å². The van der Waals surface area contributed by atoms with Crippen molar-refractivity contribution < 1.29 is 0 Å². The van der Waals surface area contributed by atoms with Crippen LogP contribution in [0.25, 0.3) is 81.7 Å². The maximum Gasteiger partial charge on any atom is 0.0784 e. The maximum atomic E-state index is 3.76. The van der Waals surface area contributed by atoms with Crippen molar-refractivity contribution in [2.45, 2.75) is 0 Å². The van der Waals surface area contributed by atoms with Crippen LogP contribution in [0, 0.1) is 0 Å². The molecule has 0 amide bonds. The van der Waals surface area contributed by atoms with Crippen LogP contribution in [0.4, 0.5) is 0 Å². The Hall–Kier alpha value is -5.08. The number of benzene rings is 6. The molecule has 176 valence electrons. The van der Waals surface area contributed by atoms with E-state index in [2.05, 4.69) is 137 Å². The molecule has 3 heterocycles. The van der Waals surface area contributed by atoms with Crippen LogP contribution in [0.5, 0.6) is 0 Å². The molecule has 2 heteroatoms. The summed E-state index contributed by atoms with van der Waals surface area (Å²) in [5, 5.41) is 11.6. The second kappa shape index (κ2) is 7.24. The lowest BCUT2D eigenvalue weighted by Gasteiger charge is -2.12. The molecule has 0 atom stereocenters. The van der Waals surface area contributed by atoms with Gasteiger partial charge in [-0.2, -0.15) is 0 Å². The molecular formula is C36H22N2. The van der Waals surface area contributed by atoms with E-state index in [0.717, 1.165) is 0 Å². The Labute approximate surface area is 218 Å². The first-order chi connectivity index (χ1) is 18.9. The molecule has 0 aliphatic heterocycles. The Morgan fingerprint density at radius 2 is 1.03 bits per heavy atom. The van der Waals surface area contributed by atoms with Gasteiger partial charge < -0.3 is 9.38 Å². The quantitative estimate of drug-likeness (QED) is 0.225. The fourth-order valence-corrected chi connectivity index (χ4v) is 6.69. The van der Waals surface area contributed by atoms with Crippen LogP contribution < -0.4 is 0 Å². The Morgan fingerprint density at radius 1 is 0.447 bits per heavy atom. The van der Waals surface area contributed by atoms with Crippen molar-refractivity contribution in [2.75, 3.05) is 0 Å². The van der Waals surface area contributed by atoms with Gasteiger partial charge >= 0.3 is 0 Å². The van der Waals surface area contributed by atoms with E-state index in [4.69, 9.17) is 0 Å². The third-order valence-corrected chi connectivity index (χ3v) is 8.32. The van der Waals surface area contributed by atoms with Crippen molar-refractivity contribution >= 4 is 70.5 Å². The number of H-pyrrole nitrogens is 1. The monoisotopic (exact) mass is 482 g/mol. The lowest BCUT2D eigenvalue weighted by Crippen LogP contribution is -1.87. The SMILES string of the molecule is c1ccc2c(c1)[nH]c1c2ccn2c3ccccc3c(-c3ccc4c5ccccc5c5ccccc5c4c3)c12. The average Bonchev–Trinajstić information content (AvgIpc) is 3.53. The number of hydrogen-bond donors (Lipinski definition) is 1. The molecule has 3 aromatic heterocycles. The molecule has 9 rings (SSSR count). The van der Waals surface area contributed by atoms with E-state index in [-0.39, 0.29) is 0 Å². The molecule has 0 bridgehead atoms. The third-order valence-electron chi connectivity index (χ3n) is 8.32. The van der Waals surface area contributed by atoms with Crippen LogP contribution in [0.2, 0.25) is 0 Å². The number of aromatic nitrogens is 2. The molecule has 0 fully saturated rings. The van der Waals surface area contributed by atoms with Crippen molar-refractivity contribution in [3.63, 3.8) is 0 Å². The molecule has 0 aliphatic rings. The molecule has 0 radical (unpaired) electrons. The summed E-state index contributed by atoms with van der Waals surface area (Å²) in [5.41, 5.74) is 7.32. The summed E-state index contributed by atoms with van der Waals surface area (Å²) in [6.45, 7) is 0. The van der Waals surface area contributed by atoms with E-state index >= 15 is 0 Å². The van der Waals surface area contributed by atoms with Crippen LogP contribution in [-0.4, -0.2) is 9.38 Å². The molecule has 1 N–H and O–H groups in total. The highest BCUT2D eigenvalue weighted by Gasteiger charge is 2.19. The Morgan fingerprint density at radius 3 is 1.76 bits per heavy atom. The molecule has 0 aliphatic carbocycles. The van der Waals surface area contributed by atoms with Gasteiger partial charge in [-0.15, -0.1) is 0 Å². The lowest BCUT2D eigenvalue weighted by atomic mass is 9.91. The smallest absolute Gasteiger partial charge is 0.0784 e. The van der Waals surface area contributed by atoms with Gasteiger partial charge in [-0.1, -0.05) is 97.1 Å². The van der Waals surface area contributed by atoms with Gasteiger partial charge in [0.25, 0.3) is 0 Å². The predicted octanol–water partition coefficient (Wildman–Crippen LogP) is 9.85. The highest BCUT2D eigenvalue weighted by Crippen LogP contribution is 2.43. The molecule has 0 spiro atoms. The van der Waals surface area contributed by atoms with E-state index in [9.17, 15) is 0 Å².